The second-order valence-corrected chi connectivity index (χ2v) is 5.06. The molecule has 0 aromatic rings. The molecule has 0 aliphatic rings. The molecule has 6 heteroatoms. The minimum absolute atomic E-state index is 0.0435. The van der Waals surface area contributed by atoms with E-state index in [0.717, 1.165) is 18.1 Å². The van der Waals surface area contributed by atoms with E-state index in [-0.39, 0.29) is 12.5 Å². The van der Waals surface area contributed by atoms with E-state index < -0.39 is 0 Å². The van der Waals surface area contributed by atoms with Crippen LogP contribution in [0.2, 0.25) is 0 Å². The van der Waals surface area contributed by atoms with Crippen LogP contribution >= 0.6 is 11.8 Å². The van der Waals surface area contributed by atoms with Crippen LogP contribution in [-0.4, -0.2) is 49.6 Å². The zero-order chi connectivity index (χ0) is 14.9. The molecule has 0 bridgehead atoms. The van der Waals surface area contributed by atoms with Crippen LogP contribution in [0.25, 0.3) is 0 Å². The number of Topliss-reactive ketones (excluding diaryl/α,β-unsaturated/α-hetero) is 1. The van der Waals surface area contributed by atoms with Gasteiger partial charge in [0.05, 0.1) is 6.54 Å². The van der Waals surface area contributed by atoms with Crippen LogP contribution in [0, 0.1) is 0 Å². The van der Waals surface area contributed by atoms with E-state index in [0.29, 0.717) is 31.3 Å². The van der Waals surface area contributed by atoms with Gasteiger partial charge in [0, 0.05) is 31.6 Å². The molecule has 0 unspecified atom stereocenters. The highest BCUT2D eigenvalue weighted by Gasteiger charge is 1.97. The van der Waals surface area contributed by atoms with Crippen molar-refractivity contribution in [3.63, 3.8) is 0 Å². The van der Waals surface area contributed by atoms with Gasteiger partial charge >= 0.3 is 0 Å². The lowest BCUT2D eigenvalue weighted by molar-refractivity contribution is -0.122. The van der Waals surface area contributed by atoms with Crippen molar-refractivity contribution >= 4 is 29.7 Å². The number of nitrogens with one attached hydrogen (secondary N) is 2. The molecule has 0 atom stereocenters. The van der Waals surface area contributed by atoms with Crippen molar-refractivity contribution in [2.75, 3.05) is 31.6 Å². The standard InChI is InChI=1S/C7H13NO2S.C6H13NO/c1-2-11-6-3-7(10)8-4-5-9;1-3-6(8)4-5-7-2/h5H,2-4,6H2,1H3,(H,8,10);7H,3-5H2,1-2H3. The normalized spacial score (nSPS) is 9.21. The van der Waals surface area contributed by atoms with Gasteiger partial charge in [0.25, 0.3) is 0 Å². The van der Waals surface area contributed by atoms with Crippen molar-refractivity contribution in [3.8, 4) is 0 Å². The monoisotopic (exact) mass is 290 g/mol. The van der Waals surface area contributed by atoms with Gasteiger partial charge in [-0.3, -0.25) is 9.59 Å². The van der Waals surface area contributed by atoms with Crippen LogP contribution in [-0.2, 0) is 14.4 Å². The maximum Gasteiger partial charge on any atom is 0.221 e. The Hall–Kier alpha value is -0.880. The lowest BCUT2D eigenvalue weighted by Crippen LogP contribution is -2.25. The Morgan fingerprint density at radius 2 is 1.89 bits per heavy atom. The summed E-state index contributed by atoms with van der Waals surface area (Å²) < 4.78 is 0. The van der Waals surface area contributed by atoms with Gasteiger partial charge in [0.1, 0.15) is 12.1 Å². The molecule has 0 aromatic carbocycles. The third-order valence-corrected chi connectivity index (χ3v) is 3.01. The maximum absolute atomic E-state index is 10.8. The van der Waals surface area contributed by atoms with E-state index in [1.165, 1.54) is 0 Å². The number of hydrogen-bond acceptors (Lipinski definition) is 5. The van der Waals surface area contributed by atoms with Gasteiger partial charge in [-0.1, -0.05) is 13.8 Å². The number of carbonyl (C=O) groups is 3. The molecule has 0 fully saturated rings. The lowest BCUT2D eigenvalue weighted by atomic mass is 10.2. The SMILES string of the molecule is CCC(=O)CCNC.CCSCCC(=O)NCC=O. The van der Waals surface area contributed by atoms with Crippen LogP contribution in [0.1, 0.15) is 33.1 Å². The summed E-state index contributed by atoms with van der Waals surface area (Å²) in [6.45, 7) is 4.88. The summed E-state index contributed by atoms with van der Waals surface area (Å²) in [6, 6.07) is 0. The fourth-order valence-electron chi connectivity index (χ4n) is 0.994. The number of ketones is 1. The Labute approximate surface area is 120 Å². The van der Waals surface area contributed by atoms with Crippen LogP contribution in [0.15, 0.2) is 0 Å². The topological polar surface area (TPSA) is 75.3 Å². The summed E-state index contributed by atoms with van der Waals surface area (Å²) in [4.78, 5) is 31.1. The smallest absolute Gasteiger partial charge is 0.221 e. The second kappa shape index (κ2) is 17.1. The molecule has 0 saturated carbocycles. The number of thioether (sulfide) groups is 1. The van der Waals surface area contributed by atoms with Gasteiger partial charge in [-0.2, -0.15) is 11.8 Å². The van der Waals surface area contributed by atoms with E-state index in [1.54, 1.807) is 11.8 Å². The lowest BCUT2D eigenvalue weighted by Gasteiger charge is -1.99. The molecule has 0 rings (SSSR count). The predicted molar refractivity (Wildman–Crippen MR) is 80.5 cm³/mol. The van der Waals surface area contributed by atoms with Gasteiger partial charge in [-0.15, -0.1) is 0 Å². The highest BCUT2D eigenvalue weighted by Crippen LogP contribution is 1.99. The van der Waals surface area contributed by atoms with Gasteiger partial charge < -0.3 is 15.4 Å². The Morgan fingerprint density at radius 3 is 2.37 bits per heavy atom. The molecule has 0 radical (unpaired) electrons. The summed E-state index contributed by atoms with van der Waals surface area (Å²) in [5.74, 6) is 2.15. The van der Waals surface area contributed by atoms with Crippen molar-refractivity contribution in [1.82, 2.24) is 10.6 Å². The molecule has 2 N–H and O–H groups in total. The molecule has 0 heterocycles. The minimum atomic E-state index is -0.0435. The minimum Gasteiger partial charge on any atom is -0.349 e. The van der Waals surface area contributed by atoms with Gasteiger partial charge in [-0.05, 0) is 12.8 Å². The summed E-state index contributed by atoms with van der Waals surface area (Å²) in [7, 11) is 1.85. The summed E-state index contributed by atoms with van der Waals surface area (Å²) in [6.07, 6.45) is 2.53. The molecule has 1 amide bonds. The zero-order valence-electron chi connectivity index (χ0n) is 12.2. The van der Waals surface area contributed by atoms with Crippen LogP contribution in [0.5, 0.6) is 0 Å². The third kappa shape index (κ3) is 19.6. The first kappa shape index (κ1) is 20.4. The van der Waals surface area contributed by atoms with Gasteiger partial charge in [0.2, 0.25) is 5.91 Å². The second-order valence-electron chi connectivity index (χ2n) is 3.66. The molecule has 0 saturated heterocycles. The van der Waals surface area contributed by atoms with Gasteiger partial charge in [-0.25, -0.2) is 0 Å². The Bertz CT molecular complexity index is 248. The first-order valence-corrected chi connectivity index (χ1v) is 7.72. The molecule has 0 aromatic heterocycles. The van der Waals surface area contributed by atoms with Crippen molar-refractivity contribution in [2.24, 2.45) is 0 Å². The van der Waals surface area contributed by atoms with E-state index in [4.69, 9.17) is 0 Å². The summed E-state index contributed by atoms with van der Waals surface area (Å²) in [5, 5.41) is 5.38. The highest BCUT2D eigenvalue weighted by atomic mass is 32.2. The quantitative estimate of drug-likeness (QED) is 0.464. The van der Waals surface area contributed by atoms with Crippen LogP contribution in [0.3, 0.4) is 0 Å². The zero-order valence-corrected chi connectivity index (χ0v) is 13.0. The molecule has 5 nitrogen and oxygen atoms in total. The molecule has 0 aliphatic heterocycles. The Morgan fingerprint density at radius 1 is 1.21 bits per heavy atom. The largest absolute Gasteiger partial charge is 0.349 e. The number of rotatable bonds is 10. The van der Waals surface area contributed by atoms with E-state index in [2.05, 4.69) is 10.6 Å². The average Bonchev–Trinajstić information content (AvgIpc) is 2.43. The number of hydrogen-bond donors (Lipinski definition) is 2. The Kier molecular flexibility index (Phi) is 18.4. The highest BCUT2D eigenvalue weighted by molar-refractivity contribution is 7.99. The average molecular weight is 290 g/mol. The van der Waals surface area contributed by atoms with E-state index >= 15 is 0 Å². The maximum atomic E-state index is 10.8. The van der Waals surface area contributed by atoms with Crippen molar-refractivity contribution in [3.05, 3.63) is 0 Å². The number of amides is 1. The van der Waals surface area contributed by atoms with Crippen molar-refractivity contribution < 1.29 is 14.4 Å². The first-order valence-electron chi connectivity index (χ1n) is 6.56. The summed E-state index contributed by atoms with van der Waals surface area (Å²) >= 11 is 1.72. The van der Waals surface area contributed by atoms with Crippen LogP contribution in [0.4, 0.5) is 0 Å². The predicted octanol–water partition coefficient (Wildman–Crippen LogP) is 1.02. The molecule has 0 aliphatic carbocycles. The number of aldehydes is 1. The van der Waals surface area contributed by atoms with Crippen molar-refractivity contribution in [2.45, 2.75) is 33.1 Å². The molecular formula is C13H26N2O3S. The fraction of sp³-hybridized carbons (Fsp3) is 0.769. The molecule has 112 valence electrons. The fourth-order valence-corrected chi connectivity index (χ4v) is 1.61. The van der Waals surface area contributed by atoms with Gasteiger partial charge in [0.15, 0.2) is 0 Å². The van der Waals surface area contributed by atoms with E-state index in [1.807, 2.05) is 20.9 Å². The van der Waals surface area contributed by atoms with Crippen molar-refractivity contribution in [1.29, 1.82) is 0 Å². The Balaban J connectivity index is 0. The molecule has 19 heavy (non-hydrogen) atoms. The first-order chi connectivity index (χ1) is 9.12. The molecule has 0 spiro atoms. The van der Waals surface area contributed by atoms with E-state index in [9.17, 15) is 14.4 Å². The third-order valence-electron chi connectivity index (χ3n) is 2.11. The summed E-state index contributed by atoms with van der Waals surface area (Å²) in [5.41, 5.74) is 0. The van der Waals surface area contributed by atoms with Crippen LogP contribution < -0.4 is 10.6 Å². The number of carbonyl (C=O) groups excluding carboxylic acids is 3. The molecular weight excluding hydrogens is 264 g/mol.